The minimum atomic E-state index is -0.723. The van der Waals surface area contributed by atoms with Gasteiger partial charge in [0.2, 0.25) is 0 Å². The van der Waals surface area contributed by atoms with Crippen LogP contribution in [0.1, 0.15) is 43.2 Å². The molecule has 0 amide bonds. The Labute approximate surface area is 135 Å². The number of benzene rings is 1. The van der Waals surface area contributed by atoms with Gasteiger partial charge in [0.1, 0.15) is 11.6 Å². The van der Waals surface area contributed by atoms with E-state index < -0.39 is 11.6 Å². The van der Waals surface area contributed by atoms with Crippen molar-refractivity contribution in [2.75, 3.05) is 0 Å². The Bertz CT molecular complexity index is 744. The third-order valence-electron chi connectivity index (χ3n) is 3.75. The number of allylic oxidation sites excluding steroid dienone is 6. The van der Waals surface area contributed by atoms with Crippen LogP contribution in [-0.4, -0.2) is 0 Å². The largest absolute Gasteiger partial charge is 0.206 e. The van der Waals surface area contributed by atoms with E-state index in [1.165, 1.54) is 17.7 Å². The molecule has 23 heavy (non-hydrogen) atoms. The van der Waals surface area contributed by atoms with Crippen LogP contribution in [0.3, 0.4) is 0 Å². The zero-order valence-electron chi connectivity index (χ0n) is 12.9. The minimum absolute atomic E-state index is 0.0394. The fraction of sp³-hybridized carbons (Fsp3) is 0.250. The maximum atomic E-state index is 14.0. The second-order valence-corrected chi connectivity index (χ2v) is 5.31. The first-order valence-corrected chi connectivity index (χ1v) is 7.53. The van der Waals surface area contributed by atoms with Crippen molar-refractivity contribution >= 4 is 0 Å². The molecule has 1 nitrogen and oxygen atoms in total. The molecule has 0 N–H and O–H groups in total. The summed E-state index contributed by atoms with van der Waals surface area (Å²) in [5, 5.41) is 8.38. The van der Waals surface area contributed by atoms with Crippen LogP contribution in [0.15, 0.2) is 48.1 Å². The molecule has 2 rings (SSSR count). The van der Waals surface area contributed by atoms with Gasteiger partial charge in [0.15, 0.2) is 6.07 Å². The lowest BCUT2D eigenvalue weighted by Gasteiger charge is -2.17. The number of rotatable bonds is 4. The number of hydrogen-bond donors (Lipinski definition) is 0. The topological polar surface area (TPSA) is 23.8 Å². The van der Waals surface area contributed by atoms with E-state index in [-0.39, 0.29) is 11.5 Å². The third kappa shape index (κ3) is 4.41. The van der Waals surface area contributed by atoms with Gasteiger partial charge in [-0.15, -0.1) is 0 Å². The highest BCUT2D eigenvalue weighted by atomic mass is 19.1. The first-order valence-electron chi connectivity index (χ1n) is 7.53. The van der Waals surface area contributed by atoms with Crippen LogP contribution >= 0.6 is 0 Å². The summed E-state index contributed by atoms with van der Waals surface area (Å²) in [6.07, 6.45) is 13.0. The highest BCUT2D eigenvalue weighted by Crippen LogP contribution is 2.30. The van der Waals surface area contributed by atoms with Gasteiger partial charge in [0.05, 0.1) is 5.56 Å². The summed E-state index contributed by atoms with van der Waals surface area (Å²) in [4.78, 5) is 0. The molecule has 1 aliphatic rings. The van der Waals surface area contributed by atoms with Crippen LogP contribution in [0.25, 0.3) is 0 Å². The van der Waals surface area contributed by atoms with Crippen molar-refractivity contribution in [3.63, 3.8) is 0 Å². The molecule has 0 bridgehead atoms. The second kappa shape index (κ2) is 8.11. The summed E-state index contributed by atoms with van der Waals surface area (Å²) < 4.78 is 27.9. The SMILES string of the molecule is C/C=C/CCC1=CCC(c2cc(F)c(C#CC#N)c(F)c2)C=C1. The van der Waals surface area contributed by atoms with Gasteiger partial charge in [0.25, 0.3) is 0 Å². The van der Waals surface area contributed by atoms with Crippen molar-refractivity contribution in [3.05, 3.63) is 70.8 Å². The molecule has 1 atom stereocenters. The van der Waals surface area contributed by atoms with Crippen LogP contribution in [0.2, 0.25) is 0 Å². The Hall–Kier alpha value is -2.65. The van der Waals surface area contributed by atoms with Gasteiger partial charge in [-0.2, -0.15) is 5.26 Å². The summed E-state index contributed by atoms with van der Waals surface area (Å²) in [6, 6.07) is 4.16. The third-order valence-corrected chi connectivity index (χ3v) is 3.75. The summed E-state index contributed by atoms with van der Waals surface area (Å²) in [5.74, 6) is 2.74. The highest BCUT2D eigenvalue weighted by molar-refractivity contribution is 5.43. The summed E-state index contributed by atoms with van der Waals surface area (Å²) >= 11 is 0. The number of hydrogen-bond acceptors (Lipinski definition) is 1. The van der Waals surface area contributed by atoms with Crippen LogP contribution in [0, 0.1) is 34.8 Å². The lowest BCUT2D eigenvalue weighted by molar-refractivity contribution is 0.571. The predicted octanol–water partition coefficient (Wildman–Crippen LogP) is 5.17. The molecule has 1 aromatic carbocycles. The average molecular weight is 309 g/mol. The lowest BCUT2D eigenvalue weighted by Crippen LogP contribution is -2.02. The Morgan fingerprint density at radius 1 is 1.30 bits per heavy atom. The highest BCUT2D eigenvalue weighted by Gasteiger charge is 2.16. The van der Waals surface area contributed by atoms with E-state index in [1.54, 1.807) is 6.07 Å². The van der Waals surface area contributed by atoms with Crippen LogP contribution < -0.4 is 0 Å². The molecule has 0 radical (unpaired) electrons. The zero-order chi connectivity index (χ0) is 16.7. The first-order chi connectivity index (χ1) is 11.2. The number of nitriles is 1. The molecule has 0 aliphatic heterocycles. The molecule has 1 aromatic rings. The van der Waals surface area contributed by atoms with E-state index >= 15 is 0 Å². The molecule has 0 spiro atoms. The average Bonchev–Trinajstić information content (AvgIpc) is 2.55. The summed E-state index contributed by atoms with van der Waals surface area (Å²) in [5.41, 5.74) is 1.48. The molecular weight excluding hydrogens is 292 g/mol. The molecule has 1 aliphatic carbocycles. The van der Waals surface area contributed by atoms with Crippen LogP contribution in [0.5, 0.6) is 0 Å². The van der Waals surface area contributed by atoms with E-state index in [0.29, 0.717) is 5.56 Å². The van der Waals surface area contributed by atoms with Crippen molar-refractivity contribution in [2.24, 2.45) is 0 Å². The van der Waals surface area contributed by atoms with Gasteiger partial charge < -0.3 is 0 Å². The van der Waals surface area contributed by atoms with E-state index in [0.717, 1.165) is 19.3 Å². The van der Waals surface area contributed by atoms with E-state index in [1.807, 2.05) is 31.1 Å². The summed E-state index contributed by atoms with van der Waals surface area (Å²) in [7, 11) is 0. The molecule has 116 valence electrons. The lowest BCUT2D eigenvalue weighted by atomic mass is 9.88. The normalized spacial score (nSPS) is 16.6. The molecule has 0 saturated heterocycles. The molecule has 0 aromatic heterocycles. The predicted molar refractivity (Wildman–Crippen MR) is 87.5 cm³/mol. The zero-order valence-corrected chi connectivity index (χ0v) is 12.9. The van der Waals surface area contributed by atoms with Gasteiger partial charge in [-0.05, 0) is 49.8 Å². The molecule has 0 heterocycles. The molecular formula is C20H17F2N. The molecule has 0 saturated carbocycles. The van der Waals surface area contributed by atoms with Gasteiger partial charge in [-0.3, -0.25) is 0 Å². The summed E-state index contributed by atoms with van der Waals surface area (Å²) in [6.45, 7) is 1.99. The monoisotopic (exact) mass is 309 g/mol. The number of halogens is 2. The fourth-order valence-corrected chi connectivity index (χ4v) is 2.53. The molecule has 1 unspecified atom stereocenters. The Kier molecular flexibility index (Phi) is 5.89. The Morgan fingerprint density at radius 2 is 2.04 bits per heavy atom. The Morgan fingerprint density at radius 3 is 2.61 bits per heavy atom. The minimum Gasteiger partial charge on any atom is -0.206 e. The van der Waals surface area contributed by atoms with Gasteiger partial charge in [0, 0.05) is 11.8 Å². The van der Waals surface area contributed by atoms with Gasteiger partial charge in [-0.25, -0.2) is 8.78 Å². The quantitative estimate of drug-likeness (QED) is 0.556. The van der Waals surface area contributed by atoms with Crippen molar-refractivity contribution < 1.29 is 8.78 Å². The van der Waals surface area contributed by atoms with Crippen molar-refractivity contribution in [1.29, 1.82) is 5.26 Å². The molecule has 3 heteroatoms. The second-order valence-electron chi connectivity index (χ2n) is 5.31. The first kappa shape index (κ1) is 16.7. The van der Waals surface area contributed by atoms with Gasteiger partial charge >= 0.3 is 0 Å². The standard InChI is InChI=1S/C20H17F2N/c1-2-3-4-6-15-8-10-16(11-9-15)17-13-19(21)18(7-5-12-23)20(22)14-17/h2-3,8-10,13-14,16H,4,6,11H2,1H3/b3-2+. The van der Waals surface area contributed by atoms with E-state index in [9.17, 15) is 8.78 Å². The maximum absolute atomic E-state index is 14.0. The molecule has 0 fully saturated rings. The van der Waals surface area contributed by atoms with Crippen molar-refractivity contribution in [2.45, 2.75) is 32.1 Å². The van der Waals surface area contributed by atoms with Crippen molar-refractivity contribution in [3.8, 4) is 17.9 Å². The Balaban J connectivity index is 2.13. The van der Waals surface area contributed by atoms with Crippen LogP contribution in [0.4, 0.5) is 8.78 Å². The van der Waals surface area contributed by atoms with E-state index in [2.05, 4.69) is 18.1 Å². The van der Waals surface area contributed by atoms with Gasteiger partial charge in [-0.1, -0.05) is 36.0 Å². The number of nitrogens with zero attached hydrogens (tertiary/aromatic N) is 1. The fourth-order valence-electron chi connectivity index (χ4n) is 2.53. The smallest absolute Gasteiger partial charge is 0.152 e. The van der Waals surface area contributed by atoms with E-state index in [4.69, 9.17) is 5.26 Å². The van der Waals surface area contributed by atoms with Crippen LogP contribution in [-0.2, 0) is 0 Å². The van der Waals surface area contributed by atoms with Crippen molar-refractivity contribution in [1.82, 2.24) is 0 Å². The maximum Gasteiger partial charge on any atom is 0.152 e.